The maximum absolute atomic E-state index is 13.9. The van der Waals surface area contributed by atoms with E-state index in [4.69, 9.17) is 17.3 Å². The minimum atomic E-state index is -0.244. The molecule has 23 heavy (non-hydrogen) atoms. The summed E-state index contributed by atoms with van der Waals surface area (Å²) < 4.78 is 13.9. The number of hydrogen-bond donors (Lipinski definition) is 2. The van der Waals surface area contributed by atoms with Crippen LogP contribution in [-0.4, -0.2) is 42.6 Å². The summed E-state index contributed by atoms with van der Waals surface area (Å²) in [5.41, 5.74) is 6.58. The second-order valence-corrected chi connectivity index (χ2v) is 6.79. The third-order valence-electron chi connectivity index (χ3n) is 4.87. The number of nitrogens with two attached hydrogens (primary N) is 1. The maximum atomic E-state index is 13.9. The zero-order chi connectivity index (χ0) is 16.4. The minimum Gasteiger partial charge on any atom is -0.370 e. The Kier molecular flexibility index (Phi) is 5.07. The summed E-state index contributed by atoms with van der Waals surface area (Å²) in [6.45, 7) is 5.12. The lowest BCUT2D eigenvalue weighted by Crippen LogP contribution is -2.37. The van der Waals surface area contributed by atoms with Gasteiger partial charge in [0.25, 0.3) is 0 Å². The van der Waals surface area contributed by atoms with Crippen LogP contribution in [0.3, 0.4) is 0 Å². The van der Waals surface area contributed by atoms with Gasteiger partial charge in [0.15, 0.2) is 5.96 Å². The Hall–Kier alpha value is -1.33. The molecule has 2 aliphatic rings. The van der Waals surface area contributed by atoms with Crippen LogP contribution in [0, 0.1) is 5.82 Å². The second kappa shape index (κ2) is 7.05. The van der Waals surface area contributed by atoms with Crippen LogP contribution < -0.4 is 11.1 Å². The van der Waals surface area contributed by atoms with E-state index in [1.807, 2.05) is 0 Å². The molecule has 1 aliphatic carbocycles. The Morgan fingerprint density at radius 3 is 3.09 bits per heavy atom. The summed E-state index contributed by atoms with van der Waals surface area (Å²) in [4.78, 5) is 6.91. The lowest BCUT2D eigenvalue weighted by Gasteiger charge is -2.21. The molecular weight excluding hydrogens is 315 g/mol. The number of rotatable bonds is 5. The Morgan fingerprint density at radius 2 is 2.35 bits per heavy atom. The van der Waals surface area contributed by atoms with Gasteiger partial charge in [0.05, 0.1) is 6.54 Å². The van der Waals surface area contributed by atoms with Crippen LogP contribution in [0.15, 0.2) is 23.2 Å². The fourth-order valence-electron chi connectivity index (χ4n) is 3.50. The van der Waals surface area contributed by atoms with Gasteiger partial charge < -0.3 is 11.1 Å². The number of benzene rings is 1. The van der Waals surface area contributed by atoms with E-state index in [9.17, 15) is 4.39 Å². The highest BCUT2D eigenvalue weighted by atomic mass is 35.5. The van der Waals surface area contributed by atoms with E-state index in [0.29, 0.717) is 22.6 Å². The van der Waals surface area contributed by atoms with Gasteiger partial charge in [-0.05, 0) is 44.5 Å². The van der Waals surface area contributed by atoms with Crippen LogP contribution >= 0.6 is 11.6 Å². The van der Waals surface area contributed by atoms with Crippen molar-refractivity contribution in [3.8, 4) is 0 Å². The fourth-order valence-corrected chi connectivity index (χ4v) is 3.80. The van der Waals surface area contributed by atoms with Gasteiger partial charge in [0.2, 0.25) is 0 Å². The quantitative estimate of drug-likeness (QED) is 0.641. The van der Waals surface area contributed by atoms with Crippen LogP contribution in [0.2, 0.25) is 5.02 Å². The number of aliphatic imine (C=N–C) groups is 1. The van der Waals surface area contributed by atoms with Gasteiger partial charge in [-0.15, -0.1) is 0 Å². The molecule has 1 aromatic rings. The molecule has 126 valence electrons. The van der Waals surface area contributed by atoms with Gasteiger partial charge in [0, 0.05) is 28.6 Å². The maximum Gasteiger partial charge on any atom is 0.188 e. The van der Waals surface area contributed by atoms with E-state index in [0.717, 1.165) is 26.1 Å². The summed E-state index contributed by atoms with van der Waals surface area (Å²) in [5.74, 6) is 0.288. The van der Waals surface area contributed by atoms with Crippen LogP contribution in [0.4, 0.5) is 4.39 Å². The van der Waals surface area contributed by atoms with Crippen molar-refractivity contribution >= 4 is 17.6 Å². The van der Waals surface area contributed by atoms with Gasteiger partial charge in [-0.2, -0.15) is 0 Å². The zero-order valence-corrected chi connectivity index (χ0v) is 14.2. The first-order valence-corrected chi connectivity index (χ1v) is 8.72. The molecule has 4 nitrogen and oxygen atoms in total. The molecule has 1 saturated carbocycles. The Balaban J connectivity index is 1.54. The Morgan fingerprint density at radius 1 is 1.52 bits per heavy atom. The summed E-state index contributed by atoms with van der Waals surface area (Å²) in [6, 6.07) is 5.43. The van der Waals surface area contributed by atoms with E-state index in [1.54, 1.807) is 12.1 Å². The summed E-state index contributed by atoms with van der Waals surface area (Å²) in [6.07, 6.45) is 3.25. The topological polar surface area (TPSA) is 53.6 Å². The number of likely N-dealkylation sites (N-methyl/N-ethyl adjacent to an activating group) is 1. The smallest absolute Gasteiger partial charge is 0.188 e. The first kappa shape index (κ1) is 16.5. The highest BCUT2D eigenvalue weighted by Gasteiger charge is 2.41. The molecule has 3 unspecified atom stereocenters. The summed E-state index contributed by atoms with van der Waals surface area (Å²) >= 11 is 6.11. The standard InChI is InChI=1S/C17H24ClFN4/c1-2-23-8-4-5-11(23)10-21-17(20)22-15-9-12(15)16-13(18)6-3-7-14(16)19/h3,6-7,11-12,15H,2,4-5,8-10H2,1H3,(H3,20,21,22). The van der Waals surface area contributed by atoms with Gasteiger partial charge in [0.1, 0.15) is 5.82 Å². The van der Waals surface area contributed by atoms with E-state index in [2.05, 4.69) is 22.1 Å². The van der Waals surface area contributed by atoms with Crippen molar-refractivity contribution in [3.63, 3.8) is 0 Å². The van der Waals surface area contributed by atoms with E-state index >= 15 is 0 Å². The van der Waals surface area contributed by atoms with E-state index in [-0.39, 0.29) is 17.8 Å². The predicted octanol–water partition coefficient (Wildman–Crippen LogP) is 2.72. The molecule has 0 radical (unpaired) electrons. The molecule has 0 spiro atoms. The normalized spacial score (nSPS) is 28.1. The van der Waals surface area contributed by atoms with Crippen molar-refractivity contribution in [1.29, 1.82) is 0 Å². The molecule has 1 aliphatic heterocycles. The number of nitrogens with zero attached hydrogens (tertiary/aromatic N) is 2. The van der Waals surface area contributed by atoms with Gasteiger partial charge in [-0.25, -0.2) is 4.39 Å². The second-order valence-electron chi connectivity index (χ2n) is 6.38. The number of nitrogens with one attached hydrogen (secondary N) is 1. The number of halogens is 2. The highest BCUT2D eigenvalue weighted by Crippen LogP contribution is 2.44. The van der Waals surface area contributed by atoms with Crippen molar-refractivity contribution in [2.75, 3.05) is 19.6 Å². The van der Waals surface area contributed by atoms with E-state index < -0.39 is 0 Å². The molecule has 1 saturated heterocycles. The predicted molar refractivity (Wildman–Crippen MR) is 92.5 cm³/mol. The molecule has 1 heterocycles. The van der Waals surface area contributed by atoms with Crippen molar-refractivity contribution < 1.29 is 4.39 Å². The highest BCUT2D eigenvalue weighted by molar-refractivity contribution is 6.31. The molecule has 3 atom stereocenters. The van der Waals surface area contributed by atoms with Crippen LogP contribution in [0.1, 0.15) is 37.7 Å². The first-order valence-electron chi connectivity index (χ1n) is 8.34. The average molecular weight is 339 g/mol. The van der Waals surface area contributed by atoms with Gasteiger partial charge in [-0.1, -0.05) is 24.6 Å². The van der Waals surface area contributed by atoms with E-state index in [1.165, 1.54) is 18.9 Å². The SMILES string of the molecule is CCN1CCCC1CN=C(N)NC1CC1c1c(F)cccc1Cl. The molecule has 0 bridgehead atoms. The van der Waals surface area contributed by atoms with Crippen LogP contribution in [-0.2, 0) is 0 Å². The molecule has 0 aromatic heterocycles. The first-order chi connectivity index (χ1) is 11.1. The largest absolute Gasteiger partial charge is 0.370 e. The number of guanidine groups is 1. The van der Waals surface area contributed by atoms with Crippen molar-refractivity contribution in [3.05, 3.63) is 34.6 Å². The Labute approximate surface area is 141 Å². The molecule has 1 aromatic carbocycles. The third kappa shape index (κ3) is 3.78. The van der Waals surface area contributed by atoms with Crippen molar-refractivity contribution in [1.82, 2.24) is 10.2 Å². The Bertz CT molecular complexity index is 572. The van der Waals surface area contributed by atoms with Crippen LogP contribution in [0.25, 0.3) is 0 Å². The number of likely N-dealkylation sites (tertiary alicyclic amines) is 1. The summed E-state index contributed by atoms with van der Waals surface area (Å²) in [5, 5.41) is 3.68. The fraction of sp³-hybridized carbons (Fsp3) is 0.588. The van der Waals surface area contributed by atoms with Crippen molar-refractivity contribution in [2.24, 2.45) is 10.7 Å². The van der Waals surface area contributed by atoms with Crippen molar-refractivity contribution in [2.45, 2.75) is 44.2 Å². The molecule has 3 N–H and O–H groups in total. The molecule has 0 amide bonds. The van der Waals surface area contributed by atoms with Crippen LogP contribution in [0.5, 0.6) is 0 Å². The molecular formula is C17H24ClFN4. The number of hydrogen-bond acceptors (Lipinski definition) is 2. The third-order valence-corrected chi connectivity index (χ3v) is 5.20. The zero-order valence-electron chi connectivity index (χ0n) is 13.4. The molecule has 2 fully saturated rings. The minimum absolute atomic E-state index is 0.0797. The average Bonchev–Trinajstić information content (AvgIpc) is 3.10. The molecule has 6 heteroatoms. The van der Waals surface area contributed by atoms with Gasteiger partial charge >= 0.3 is 0 Å². The lowest BCUT2D eigenvalue weighted by molar-refractivity contribution is 0.273. The summed E-state index contributed by atoms with van der Waals surface area (Å²) in [7, 11) is 0. The lowest BCUT2D eigenvalue weighted by atomic mass is 10.1. The molecule has 3 rings (SSSR count). The monoisotopic (exact) mass is 338 g/mol. The van der Waals surface area contributed by atoms with Gasteiger partial charge in [-0.3, -0.25) is 9.89 Å².